The van der Waals surface area contributed by atoms with E-state index >= 15 is 0 Å². The quantitative estimate of drug-likeness (QED) is 0.811. The van der Waals surface area contributed by atoms with Crippen LogP contribution in [-0.2, 0) is 17.8 Å². The van der Waals surface area contributed by atoms with Crippen molar-refractivity contribution in [3.8, 4) is 0 Å². The van der Waals surface area contributed by atoms with Crippen molar-refractivity contribution >= 4 is 11.9 Å². The number of carbonyl (C=O) groups excluding carboxylic acids is 2. The molecule has 0 bridgehead atoms. The Labute approximate surface area is 133 Å². The molecule has 0 heterocycles. The van der Waals surface area contributed by atoms with Gasteiger partial charge < -0.3 is 5.32 Å². The Balaban J connectivity index is 2.35. The summed E-state index contributed by atoms with van der Waals surface area (Å²) in [6.07, 6.45) is 1.02. The molecule has 0 unspecified atom stereocenters. The smallest absolute Gasteiger partial charge is 0.321 e. The maximum Gasteiger partial charge on any atom is 0.321 e. The molecule has 0 atom stereocenters. The first-order valence-electron chi connectivity index (χ1n) is 7.74. The molecule has 0 aliphatic carbocycles. The zero-order valence-electron chi connectivity index (χ0n) is 14.0. The summed E-state index contributed by atoms with van der Waals surface area (Å²) in [6.45, 7) is 7.53. The Morgan fingerprint density at radius 2 is 1.73 bits per heavy atom. The van der Waals surface area contributed by atoms with Crippen molar-refractivity contribution in [3.63, 3.8) is 0 Å². The second-order valence-electron chi connectivity index (χ2n) is 5.99. The number of likely N-dealkylation sites (N-methyl/N-ethyl adjacent to an activating group) is 1. The molecule has 0 radical (unpaired) electrons. The zero-order valence-corrected chi connectivity index (χ0v) is 14.0. The first kappa shape index (κ1) is 18.2. The average Bonchev–Trinajstić information content (AvgIpc) is 2.45. The van der Waals surface area contributed by atoms with E-state index in [2.05, 4.69) is 41.8 Å². The second kappa shape index (κ2) is 9.20. The van der Waals surface area contributed by atoms with Gasteiger partial charge in [0.25, 0.3) is 0 Å². The van der Waals surface area contributed by atoms with Crippen LogP contribution in [0.3, 0.4) is 0 Å². The van der Waals surface area contributed by atoms with E-state index in [9.17, 15) is 9.59 Å². The molecule has 0 spiro atoms. The van der Waals surface area contributed by atoms with Gasteiger partial charge in [0.15, 0.2) is 0 Å². The van der Waals surface area contributed by atoms with Gasteiger partial charge in [0.05, 0.1) is 6.54 Å². The highest BCUT2D eigenvalue weighted by Gasteiger charge is 2.10. The Morgan fingerprint density at radius 3 is 2.27 bits per heavy atom. The Morgan fingerprint density at radius 1 is 1.14 bits per heavy atom. The summed E-state index contributed by atoms with van der Waals surface area (Å²) in [5.41, 5.74) is 2.45. The molecule has 5 nitrogen and oxygen atoms in total. The molecular formula is C17H27N3O2. The molecular weight excluding hydrogens is 278 g/mol. The number of aryl methyl sites for hydroxylation is 1. The van der Waals surface area contributed by atoms with Crippen LogP contribution in [0.1, 0.15) is 31.9 Å². The molecule has 1 aromatic carbocycles. The second-order valence-corrected chi connectivity index (χ2v) is 5.99. The summed E-state index contributed by atoms with van der Waals surface area (Å²) in [4.78, 5) is 25.2. The van der Waals surface area contributed by atoms with Gasteiger partial charge >= 0.3 is 6.03 Å². The van der Waals surface area contributed by atoms with E-state index < -0.39 is 6.03 Å². The lowest BCUT2D eigenvalue weighted by molar-refractivity contribution is -0.120. The van der Waals surface area contributed by atoms with Crippen LogP contribution < -0.4 is 10.6 Å². The van der Waals surface area contributed by atoms with Crippen LogP contribution in [0.5, 0.6) is 0 Å². The molecule has 0 aliphatic heterocycles. The van der Waals surface area contributed by atoms with Gasteiger partial charge in [-0.15, -0.1) is 0 Å². The minimum atomic E-state index is -0.431. The van der Waals surface area contributed by atoms with Crippen molar-refractivity contribution in [2.45, 2.75) is 33.7 Å². The highest BCUT2D eigenvalue weighted by molar-refractivity contribution is 5.95. The highest BCUT2D eigenvalue weighted by atomic mass is 16.2. The van der Waals surface area contributed by atoms with Crippen LogP contribution in [-0.4, -0.2) is 37.0 Å². The number of carbonyl (C=O) groups is 2. The predicted molar refractivity (Wildman–Crippen MR) is 88.5 cm³/mol. The lowest BCUT2D eigenvalue weighted by Gasteiger charge is -2.16. The van der Waals surface area contributed by atoms with Crippen molar-refractivity contribution in [2.24, 2.45) is 5.92 Å². The van der Waals surface area contributed by atoms with Crippen LogP contribution >= 0.6 is 0 Å². The average molecular weight is 305 g/mol. The normalized spacial score (nSPS) is 10.8. The number of urea groups is 1. The summed E-state index contributed by atoms with van der Waals surface area (Å²) in [7, 11) is 1.86. The van der Waals surface area contributed by atoms with Crippen molar-refractivity contribution in [1.29, 1.82) is 0 Å². The number of rotatable bonds is 7. The third-order valence-corrected chi connectivity index (χ3v) is 3.22. The van der Waals surface area contributed by atoms with Gasteiger partial charge in [-0.2, -0.15) is 0 Å². The van der Waals surface area contributed by atoms with Crippen LogP contribution in [0, 0.1) is 5.92 Å². The number of nitrogens with one attached hydrogen (secondary N) is 2. The number of amides is 3. The maximum atomic E-state index is 11.8. The van der Waals surface area contributed by atoms with Gasteiger partial charge in [-0.1, -0.05) is 45.0 Å². The van der Waals surface area contributed by atoms with E-state index in [4.69, 9.17) is 0 Å². The zero-order chi connectivity index (χ0) is 16.5. The van der Waals surface area contributed by atoms with Crippen LogP contribution in [0.15, 0.2) is 24.3 Å². The van der Waals surface area contributed by atoms with E-state index in [1.807, 2.05) is 25.8 Å². The Hall–Kier alpha value is -1.88. The minimum Gasteiger partial charge on any atom is -0.338 e. The molecule has 1 aromatic rings. The third-order valence-electron chi connectivity index (χ3n) is 3.22. The highest BCUT2D eigenvalue weighted by Crippen LogP contribution is 2.07. The monoisotopic (exact) mass is 305 g/mol. The first-order chi connectivity index (χ1) is 10.4. The number of imide groups is 1. The number of hydrogen-bond donors (Lipinski definition) is 2. The van der Waals surface area contributed by atoms with Crippen LogP contribution in [0.4, 0.5) is 4.79 Å². The third kappa shape index (κ3) is 7.22. The number of hydrogen-bond acceptors (Lipinski definition) is 3. The van der Waals surface area contributed by atoms with Crippen LogP contribution in [0.25, 0.3) is 0 Å². The van der Waals surface area contributed by atoms with Gasteiger partial charge in [-0.3, -0.25) is 15.0 Å². The lowest BCUT2D eigenvalue weighted by Crippen LogP contribution is -2.44. The van der Waals surface area contributed by atoms with Gasteiger partial charge in [0, 0.05) is 13.1 Å². The fraction of sp³-hybridized carbons (Fsp3) is 0.529. The summed E-state index contributed by atoms with van der Waals surface area (Å²) in [5, 5.41) is 5.00. The molecule has 5 heteroatoms. The molecule has 0 aromatic heterocycles. The van der Waals surface area contributed by atoms with Gasteiger partial charge in [0.2, 0.25) is 5.91 Å². The predicted octanol–water partition coefficient (Wildman–Crippen LogP) is 2.16. The van der Waals surface area contributed by atoms with E-state index in [1.165, 1.54) is 5.56 Å². The topological polar surface area (TPSA) is 61.4 Å². The number of benzene rings is 1. The summed E-state index contributed by atoms with van der Waals surface area (Å²) in [6, 6.07) is 7.91. The van der Waals surface area contributed by atoms with Gasteiger partial charge in [-0.05, 0) is 30.5 Å². The standard InChI is InChI=1S/C17H27N3O2/c1-5-14-6-8-15(9-7-14)11-20(4)12-16(21)19-17(22)18-10-13(2)3/h6-9,13H,5,10-12H2,1-4H3,(H2,18,19,21,22). The Kier molecular flexibility index (Phi) is 7.60. The van der Waals surface area contributed by atoms with Gasteiger partial charge in [-0.25, -0.2) is 4.79 Å². The summed E-state index contributed by atoms with van der Waals surface area (Å²) in [5.74, 6) is 0.0588. The van der Waals surface area contributed by atoms with Crippen molar-refractivity contribution < 1.29 is 9.59 Å². The summed E-state index contributed by atoms with van der Waals surface area (Å²) < 4.78 is 0. The summed E-state index contributed by atoms with van der Waals surface area (Å²) >= 11 is 0. The van der Waals surface area contributed by atoms with E-state index in [-0.39, 0.29) is 12.5 Å². The minimum absolute atomic E-state index is 0.185. The van der Waals surface area contributed by atoms with E-state index in [0.29, 0.717) is 19.0 Å². The molecule has 3 amide bonds. The lowest BCUT2D eigenvalue weighted by atomic mass is 10.1. The van der Waals surface area contributed by atoms with Crippen molar-refractivity contribution in [1.82, 2.24) is 15.5 Å². The largest absolute Gasteiger partial charge is 0.338 e. The van der Waals surface area contributed by atoms with Crippen LogP contribution in [0.2, 0.25) is 0 Å². The van der Waals surface area contributed by atoms with Crippen molar-refractivity contribution in [2.75, 3.05) is 20.1 Å². The van der Waals surface area contributed by atoms with E-state index in [0.717, 1.165) is 12.0 Å². The van der Waals surface area contributed by atoms with Gasteiger partial charge in [0.1, 0.15) is 0 Å². The molecule has 22 heavy (non-hydrogen) atoms. The molecule has 0 saturated carbocycles. The molecule has 1 rings (SSSR count). The fourth-order valence-corrected chi connectivity index (χ4v) is 2.00. The molecule has 122 valence electrons. The molecule has 2 N–H and O–H groups in total. The maximum absolute atomic E-state index is 11.8. The molecule has 0 aliphatic rings. The molecule has 0 saturated heterocycles. The first-order valence-corrected chi connectivity index (χ1v) is 7.74. The SMILES string of the molecule is CCc1ccc(CN(C)CC(=O)NC(=O)NCC(C)C)cc1. The van der Waals surface area contributed by atoms with Crippen molar-refractivity contribution in [3.05, 3.63) is 35.4 Å². The number of nitrogens with zero attached hydrogens (tertiary/aromatic N) is 1. The van der Waals surface area contributed by atoms with E-state index in [1.54, 1.807) is 0 Å². The molecule has 0 fully saturated rings. The fourth-order valence-electron chi connectivity index (χ4n) is 2.00. The Bertz CT molecular complexity index is 483.